The summed E-state index contributed by atoms with van der Waals surface area (Å²) in [6, 6.07) is 16.1. The summed E-state index contributed by atoms with van der Waals surface area (Å²) in [7, 11) is 0. The van der Waals surface area contributed by atoms with Crippen molar-refractivity contribution in [3.05, 3.63) is 82.7 Å². The van der Waals surface area contributed by atoms with Gasteiger partial charge in [0.1, 0.15) is 5.56 Å². The number of esters is 2. The molecule has 3 rings (SSSR count). The molecule has 0 aliphatic rings. The number of carbonyl (C=O) groups excluding carboxylic acids is 3. The first-order valence-corrected chi connectivity index (χ1v) is 10.6. The van der Waals surface area contributed by atoms with Gasteiger partial charge in [0.15, 0.2) is 6.61 Å². The lowest BCUT2D eigenvalue weighted by Gasteiger charge is -2.09. The lowest BCUT2D eigenvalue weighted by atomic mass is 10.2. The second kappa shape index (κ2) is 10.6. The molecule has 1 N–H and O–H groups in total. The Balaban J connectivity index is 1.56. The lowest BCUT2D eigenvalue weighted by Crippen LogP contribution is -2.21. The van der Waals surface area contributed by atoms with Crippen LogP contribution in [0.3, 0.4) is 0 Å². The van der Waals surface area contributed by atoms with Gasteiger partial charge in [-0.3, -0.25) is 9.48 Å². The van der Waals surface area contributed by atoms with Crippen LogP contribution in [0.5, 0.6) is 0 Å². The zero-order chi connectivity index (χ0) is 24.0. The minimum Gasteiger partial charge on any atom is -0.459 e. The maximum absolute atomic E-state index is 12.6. The van der Waals surface area contributed by atoms with Crippen molar-refractivity contribution in [3.8, 4) is 0 Å². The quantitative estimate of drug-likeness (QED) is 0.524. The summed E-state index contributed by atoms with van der Waals surface area (Å²) in [4.78, 5) is 36.7. The number of hydrogen-bond donors (Lipinski definition) is 1. The third-order valence-corrected chi connectivity index (χ3v) is 4.84. The predicted octanol–water partition coefficient (Wildman–Crippen LogP) is 3.91. The number of nitrogens with zero attached hydrogens (tertiary/aromatic N) is 2. The van der Waals surface area contributed by atoms with E-state index in [-0.39, 0.29) is 6.10 Å². The van der Waals surface area contributed by atoms with Gasteiger partial charge >= 0.3 is 11.9 Å². The van der Waals surface area contributed by atoms with Crippen LogP contribution in [0.25, 0.3) is 0 Å². The molecule has 172 valence electrons. The van der Waals surface area contributed by atoms with Crippen LogP contribution >= 0.6 is 0 Å². The van der Waals surface area contributed by atoms with Crippen molar-refractivity contribution >= 4 is 23.5 Å². The van der Waals surface area contributed by atoms with Gasteiger partial charge in [-0.2, -0.15) is 5.10 Å². The van der Waals surface area contributed by atoms with Crippen molar-refractivity contribution in [2.45, 2.75) is 40.3 Å². The van der Waals surface area contributed by atoms with Gasteiger partial charge < -0.3 is 14.8 Å². The zero-order valence-electron chi connectivity index (χ0n) is 19.1. The summed E-state index contributed by atoms with van der Waals surface area (Å²) in [5.41, 5.74) is 3.48. The molecule has 0 aliphatic heterocycles. The summed E-state index contributed by atoms with van der Waals surface area (Å²) in [6.45, 7) is 7.15. The van der Waals surface area contributed by atoms with E-state index in [1.165, 1.54) is 0 Å². The summed E-state index contributed by atoms with van der Waals surface area (Å²) in [5, 5.41) is 7.07. The van der Waals surface area contributed by atoms with Crippen molar-refractivity contribution in [1.29, 1.82) is 0 Å². The Bertz CT molecular complexity index is 1130. The van der Waals surface area contributed by atoms with Gasteiger partial charge in [-0.1, -0.05) is 30.3 Å². The van der Waals surface area contributed by atoms with Crippen molar-refractivity contribution in [2.24, 2.45) is 0 Å². The summed E-state index contributed by atoms with van der Waals surface area (Å²) < 4.78 is 12.1. The smallest absolute Gasteiger partial charge is 0.342 e. The van der Waals surface area contributed by atoms with Crippen LogP contribution in [0, 0.1) is 13.8 Å². The molecule has 1 heterocycles. The molecular formula is C25H27N3O5. The summed E-state index contributed by atoms with van der Waals surface area (Å²) in [6.07, 6.45) is -0.218. The number of aryl methyl sites for hydroxylation is 1. The molecule has 0 radical (unpaired) electrons. The SMILES string of the molecule is Cc1nn(Cc2ccccc2)c(C)c1C(=O)OCC(=O)Nc1ccc(C(=O)OC(C)C)cc1. The first-order chi connectivity index (χ1) is 15.7. The van der Waals surface area contributed by atoms with Gasteiger partial charge in [0.2, 0.25) is 0 Å². The summed E-state index contributed by atoms with van der Waals surface area (Å²) >= 11 is 0. The predicted molar refractivity (Wildman–Crippen MR) is 123 cm³/mol. The molecule has 8 nitrogen and oxygen atoms in total. The molecule has 2 aromatic carbocycles. The number of anilines is 1. The van der Waals surface area contributed by atoms with Crippen molar-refractivity contribution in [3.63, 3.8) is 0 Å². The molecule has 1 amide bonds. The average molecular weight is 450 g/mol. The van der Waals surface area contributed by atoms with Gasteiger partial charge in [0.05, 0.1) is 29.6 Å². The third kappa shape index (κ3) is 6.29. The fraction of sp³-hybridized carbons (Fsp3) is 0.280. The van der Waals surface area contributed by atoms with Crippen LogP contribution in [0.4, 0.5) is 5.69 Å². The van der Waals surface area contributed by atoms with E-state index in [4.69, 9.17) is 9.47 Å². The fourth-order valence-corrected chi connectivity index (χ4v) is 3.27. The second-order valence-electron chi connectivity index (χ2n) is 7.84. The number of ether oxygens (including phenoxy) is 2. The van der Waals surface area contributed by atoms with Gasteiger partial charge in [-0.25, -0.2) is 9.59 Å². The lowest BCUT2D eigenvalue weighted by molar-refractivity contribution is -0.119. The van der Waals surface area contributed by atoms with E-state index < -0.39 is 24.5 Å². The Hall–Kier alpha value is -3.94. The number of rotatable bonds is 8. The number of amides is 1. The Morgan fingerprint density at radius 3 is 2.27 bits per heavy atom. The Morgan fingerprint density at radius 1 is 0.970 bits per heavy atom. The average Bonchev–Trinajstić information content (AvgIpc) is 3.05. The third-order valence-electron chi connectivity index (χ3n) is 4.84. The second-order valence-corrected chi connectivity index (χ2v) is 7.84. The van der Waals surface area contributed by atoms with Crippen LogP contribution < -0.4 is 5.32 Å². The molecule has 0 saturated carbocycles. The van der Waals surface area contributed by atoms with Crippen LogP contribution in [0.15, 0.2) is 54.6 Å². The Labute approximate surface area is 192 Å². The minimum absolute atomic E-state index is 0.218. The monoisotopic (exact) mass is 449 g/mol. The van der Waals surface area contributed by atoms with Crippen LogP contribution in [0.1, 0.15) is 51.5 Å². The first-order valence-electron chi connectivity index (χ1n) is 10.6. The molecule has 0 atom stereocenters. The number of benzene rings is 2. The van der Waals surface area contributed by atoms with E-state index in [0.717, 1.165) is 5.56 Å². The first kappa shape index (κ1) is 23.7. The van der Waals surface area contributed by atoms with E-state index in [9.17, 15) is 14.4 Å². The molecule has 0 fully saturated rings. The highest BCUT2D eigenvalue weighted by atomic mass is 16.5. The standard InChI is InChI=1S/C25H27N3O5/c1-16(2)33-24(30)20-10-12-21(13-11-20)26-22(29)15-32-25(31)23-17(3)27-28(18(23)4)14-19-8-6-5-7-9-19/h5-13,16H,14-15H2,1-4H3,(H,26,29). The Kier molecular flexibility index (Phi) is 7.61. The van der Waals surface area contributed by atoms with Crippen LogP contribution in [-0.4, -0.2) is 40.3 Å². The highest BCUT2D eigenvalue weighted by Crippen LogP contribution is 2.16. The zero-order valence-corrected chi connectivity index (χ0v) is 19.1. The van der Waals surface area contributed by atoms with Crippen LogP contribution in [0.2, 0.25) is 0 Å². The van der Waals surface area contributed by atoms with E-state index in [0.29, 0.717) is 34.7 Å². The molecule has 1 aromatic heterocycles. The fourth-order valence-electron chi connectivity index (χ4n) is 3.27. The Morgan fingerprint density at radius 2 is 1.64 bits per heavy atom. The maximum atomic E-state index is 12.6. The highest BCUT2D eigenvalue weighted by Gasteiger charge is 2.21. The summed E-state index contributed by atoms with van der Waals surface area (Å²) in [5.74, 6) is -1.53. The van der Waals surface area contributed by atoms with E-state index >= 15 is 0 Å². The number of carbonyl (C=O) groups is 3. The van der Waals surface area contributed by atoms with Gasteiger partial charge in [-0.15, -0.1) is 0 Å². The molecule has 8 heteroatoms. The maximum Gasteiger partial charge on any atom is 0.342 e. The molecule has 3 aromatic rings. The molecule has 0 bridgehead atoms. The minimum atomic E-state index is -0.605. The van der Waals surface area contributed by atoms with Gasteiger partial charge in [0, 0.05) is 5.69 Å². The van der Waals surface area contributed by atoms with Crippen molar-refractivity contribution in [1.82, 2.24) is 9.78 Å². The van der Waals surface area contributed by atoms with E-state index in [1.54, 1.807) is 56.6 Å². The topological polar surface area (TPSA) is 99.5 Å². The number of aromatic nitrogens is 2. The van der Waals surface area contributed by atoms with Crippen LogP contribution in [-0.2, 0) is 20.8 Å². The molecule has 0 saturated heterocycles. The molecule has 0 unspecified atom stereocenters. The van der Waals surface area contributed by atoms with Gasteiger partial charge in [0.25, 0.3) is 5.91 Å². The van der Waals surface area contributed by atoms with Crippen molar-refractivity contribution < 1.29 is 23.9 Å². The largest absolute Gasteiger partial charge is 0.459 e. The van der Waals surface area contributed by atoms with Crippen molar-refractivity contribution in [2.75, 3.05) is 11.9 Å². The molecular weight excluding hydrogens is 422 g/mol. The number of nitrogens with one attached hydrogen (secondary N) is 1. The normalized spacial score (nSPS) is 10.7. The van der Waals surface area contributed by atoms with E-state index in [1.807, 2.05) is 30.3 Å². The van der Waals surface area contributed by atoms with E-state index in [2.05, 4.69) is 10.4 Å². The highest BCUT2D eigenvalue weighted by molar-refractivity contribution is 5.97. The molecule has 0 spiro atoms. The number of hydrogen-bond acceptors (Lipinski definition) is 6. The molecule has 33 heavy (non-hydrogen) atoms. The van der Waals surface area contributed by atoms with Gasteiger partial charge in [-0.05, 0) is 57.5 Å². The molecule has 0 aliphatic carbocycles.